The average Bonchev–Trinajstić information content (AvgIpc) is 3.63. The zero-order chi connectivity index (χ0) is 52.7. The van der Waals surface area contributed by atoms with Crippen LogP contribution in [0.2, 0.25) is 0 Å². The Morgan fingerprint density at radius 1 is 0.676 bits per heavy atom. The standard InChI is InChI=1S/C50H86O21/c1-22(18-51)23(55)10-14-48(6,71-43-39(64)36(61)33(58)26(20-53)67-43)29-12-15-49(7)47(5)13-11-28-45(2,3)41(24(56)17-46(28,4)30(47)16-31(65-9)50(29,49)8)70-44-40(37(62)34(59)27(21-54)68-44)69-42-38(63)35(60)32(57)25(19-52)66-42/h22,24-44,51-54,56-64H,10-21H2,1-9H3/t22?,24-,25-,26-,27-,28?,29-,30?,31-,32-,33-,34-,35+,36+,37+,38-,39-,40-,41+,42+,43+,44+,46+,47-,48+,49+,50+/m1/s1. The van der Waals surface area contributed by atoms with Crippen molar-refractivity contribution >= 4 is 5.78 Å². The lowest BCUT2D eigenvalue weighted by Crippen LogP contribution is -2.72. The van der Waals surface area contributed by atoms with E-state index in [1.54, 1.807) is 14.0 Å². The lowest BCUT2D eigenvalue weighted by molar-refractivity contribution is -0.384. The molecule has 13 N–H and O–H groups in total. The van der Waals surface area contributed by atoms with Gasteiger partial charge in [-0.05, 0) is 91.3 Å². The number of hydrogen-bond donors (Lipinski definition) is 13. The fraction of sp³-hybridized carbons (Fsp3) is 0.980. The molecule has 4 saturated carbocycles. The van der Waals surface area contributed by atoms with Crippen LogP contribution in [0.1, 0.15) is 107 Å². The van der Waals surface area contributed by atoms with Gasteiger partial charge in [0.25, 0.3) is 0 Å². The molecule has 0 spiro atoms. The Kier molecular flexibility index (Phi) is 17.0. The van der Waals surface area contributed by atoms with E-state index in [1.807, 2.05) is 20.8 Å². The summed E-state index contributed by atoms with van der Waals surface area (Å²) in [6.07, 6.45) is -22.9. The van der Waals surface area contributed by atoms with Crippen molar-refractivity contribution in [2.24, 2.45) is 50.7 Å². The number of aliphatic hydroxyl groups is 13. The number of rotatable bonds is 16. The van der Waals surface area contributed by atoms with E-state index in [9.17, 15) is 71.2 Å². The van der Waals surface area contributed by atoms with Gasteiger partial charge >= 0.3 is 0 Å². The third-order valence-electron chi connectivity index (χ3n) is 20.4. The summed E-state index contributed by atoms with van der Waals surface area (Å²) >= 11 is 0. The van der Waals surface area contributed by atoms with Gasteiger partial charge in [0, 0.05) is 24.9 Å². The second-order valence-corrected chi connectivity index (χ2v) is 24.1. The van der Waals surface area contributed by atoms with Gasteiger partial charge in [0.1, 0.15) is 79.0 Å². The molecule has 21 heteroatoms. The number of hydrogen-bond acceptors (Lipinski definition) is 21. The van der Waals surface area contributed by atoms with Crippen molar-refractivity contribution in [1.29, 1.82) is 0 Å². The van der Waals surface area contributed by atoms with E-state index in [-0.39, 0.29) is 49.4 Å². The predicted molar refractivity (Wildman–Crippen MR) is 246 cm³/mol. The number of aliphatic hydroxyl groups excluding tert-OH is 13. The van der Waals surface area contributed by atoms with E-state index in [2.05, 4.69) is 27.7 Å². The molecule has 7 fully saturated rings. The van der Waals surface area contributed by atoms with Gasteiger partial charge in [0.05, 0.1) is 50.3 Å². The third-order valence-corrected chi connectivity index (χ3v) is 20.4. The Balaban J connectivity index is 1.19. The van der Waals surface area contributed by atoms with Crippen molar-refractivity contribution in [3.05, 3.63) is 0 Å². The molecule has 0 radical (unpaired) electrons. The highest BCUT2D eigenvalue weighted by Gasteiger charge is 2.77. The topological polar surface area (TPSA) is 345 Å². The summed E-state index contributed by atoms with van der Waals surface area (Å²) in [5.41, 5.74) is -4.11. The first-order chi connectivity index (χ1) is 33.1. The summed E-state index contributed by atoms with van der Waals surface area (Å²) in [4.78, 5) is 13.4. The van der Waals surface area contributed by atoms with Crippen LogP contribution >= 0.6 is 0 Å². The van der Waals surface area contributed by atoms with Gasteiger partial charge < -0.3 is 99.5 Å². The summed E-state index contributed by atoms with van der Waals surface area (Å²) in [6, 6.07) is 0. The molecule has 0 aromatic carbocycles. The summed E-state index contributed by atoms with van der Waals surface area (Å²) < 4.78 is 43.7. The predicted octanol–water partition coefficient (Wildman–Crippen LogP) is -1.78. The molecular formula is C50H86O21. The second kappa shape index (κ2) is 21.0. The van der Waals surface area contributed by atoms with E-state index in [0.717, 1.165) is 6.42 Å². The molecule has 412 valence electrons. The van der Waals surface area contributed by atoms with Gasteiger partial charge in [-0.25, -0.2) is 0 Å². The largest absolute Gasteiger partial charge is 0.396 e. The van der Waals surface area contributed by atoms with Crippen molar-refractivity contribution in [2.75, 3.05) is 33.5 Å². The van der Waals surface area contributed by atoms with Crippen LogP contribution in [-0.4, -0.2) is 222 Å². The van der Waals surface area contributed by atoms with E-state index >= 15 is 0 Å². The number of ketones is 1. The first-order valence-electron chi connectivity index (χ1n) is 25.7. The Hall–Kier alpha value is -1.13. The van der Waals surface area contributed by atoms with E-state index in [4.69, 9.17) is 33.2 Å². The van der Waals surface area contributed by atoms with Crippen LogP contribution in [0.3, 0.4) is 0 Å². The maximum Gasteiger partial charge on any atom is 0.187 e. The molecule has 3 heterocycles. The van der Waals surface area contributed by atoms with Crippen LogP contribution in [0, 0.1) is 50.7 Å². The number of carbonyl (C=O) groups is 1. The molecule has 27 atom stereocenters. The normalized spacial score (nSPS) is 52.2. The molecule has 3 saturated heterocycles. The molecule has 3 aliphatic heterocycles. The van der Waals surface area contributed by atoms with Crippen LogP contribution in [-0.2, 0) is 38.0 Å². The van der Waals surface area contributed by atoms with Crippen molar-refractivity contribution < 1.29 is 104 Å². The summed E-state index contributed by atoms with van der Waals surface area (Å²) in [5, 5.41) is 139. The van der Waals surface area contributed by atoms with E-state index in [1.165, 1.54) is 0 Å². The maximum atomic E-state index is 13.4. The summed E-state index contributed by atoms with van der Waals surface area (Å²) in [7, 11) is 1.68. The molecule has 0 bridgehead atoms. The number of Topliss-reactive ketones (excluding diaryl/α,β-unsaturated/α-hetero) is 1. The first kappa shape index (κ1) is 57.6. The lowest BCUT2D eigenvalue weighted by Gasteiger charge is -2.73. The smallest absolute Gasteiger partial charge is 0.187 e. The highest BCUT2D eigenvalue weighted by atomic mass is 16.8. The minimum absolute atomic E-state index is 0.0269. The fourth-order valence-corrected chi connectivity index (χ4v) is 16.0. The SMILES string of the molecule is CO[C@@H]1CC2[C@@]3(C)C[C@@H](O)[C@H](O[C@@H]4O[C@H](CO)[C@@H](O)[C@H](O)[C@H]4O[C@@H]4O[C@H](CO)[C@@H](O)[C@H](O)[C@H]4O)C(C)(C)C3CC[C@@]2(C)[C@]2(C)CC[C@H]([C@](C)(CCC(=O)C(C)CO)O[C@@H]3O[C@H](CO)[C@@H](O)[C@H](O)[C@H]3O)[C@@]12C. The first-order valence-corrected chi connectivity index (χ1v) is 25.7. The van der Waals surface area contributed by atoms with Crippen LogP contribution in [0.25, 0.3) is 0 Å². The van der Waals surface area contributed by atoms with Crippen molar-refractivity contribution in [1.82, 2.24) is 0 Å². The lowest BCUT2D eigenvalue weighted by atomic mass is 9.32. The Labute approximate surface area is 416 Å². The van der Waals surface area contributed by atoms with Crippen molar-refractivity contribution in [2.45, 2.75) is 223 Å². The van der Waals surface area contributed by atoms with Gasteiger partial charge in [-0.1, -0.05) is 48.5 Å². The average molecular weight is 1020 g/mol. The number of ether oxygens (including phenoxy) is 7. The third kappa shape index (κ3) is 9.21. The summed E-state index contributed by atoms with van der Waals surface area (Å²) in [6.45, 7) is 14.1. The molecular weight excluding hydrogens is 937 g/mol. The van der Waals surface area contributed by atoms with Crippen molar-refractivity contribution in [3.63, 3.8) is 0 Å². The van der Waals surface area contributed by atoms with Crippen LogP contribution < -0.4 is 0 Å². The summed E-state index contributed by atoms with van der Waals surface area (Å²) in [5.74, 6) is -1.29. The maximum absolute atomic E-state index is 13.4. The van der Waals surface area contributed by atoms with E-state index < -0.39 is 169 Å². The zero-order valence-corrected chi connectivity index (χ0v) is 42.8. The molecule has 0 aromatic heterocycles. The number of fused-ring (bicyclic) bond motifs is 5. The molecule has 3 unspecified atom stereocenters. The number of carbonyl (C=O) groups excluding carboxylic acids is 1. The Morgan fingerprint density at radius 3 is 1.76 bits per heavy atom. The van der Waals surface area contributed by atoms with Gasteiger partial charge in [-0.2, -0.15) is 0 Å². The van der Waals surface area contributed by atoms with Crippen LogP contribution in [0.5, 0.6) is 0 Å². The van der Waals surface area contributed by atoms with Gasteiger partial charge in [0.15, 0.2) is 18.9 Å². The fourth-order valence-electron chi connectivity index (χ4n) is 16.0. The molecule has 7 rings (SSSR count). The number of methoxy groups -OCH3 is 1. The van der Waals surface area contributed by atoms with Gasteiger partial charge in [-0.3, -0.25) is 4.79 Å². The van der Waals surface area contributed by atoms with Crippen LogP contribution in [0.15, 0.2) is 0 Å². The minimum Gasteiger partial charge on any atom is -0.396 e. The highest BCUT2D eigenvalue weighted by molar-refractivity contribution is 5.80. The molecule has 0 amide bonds. The molecule has 71 heavy (non-hydrogen) atoms. The highest BCUT2D eigenvalue weighted by Crippen LogP contribution is 2.80. The minimum atomic E-state index is -1.86. The second-order valence-electron chi connectivity index (χ2n) is 24.1. The molecule has 7 aliphatic rings. The van der Waals surface area contributed by atoms with E-state index in [0.29, 0.717) is 25.7 Å². The monoisotopic (exact) mass is 1020 g/mol. The van der Waals surface area contributed by atoms with Gasteiger partial charge in [-0.15, -0.1) is 0 Å². The molecule has 0 aromatic rings. The zero-order valence-electron chi connectivity index (χ0n) is 42.8. The molecule has 21 nitrogen and oxygen atoms in total. The Morgan fingerprint density at radius 2 is 1.21 bits per heavy atom. The van der Waals surface area contributed by atoms with Gasteiger partial charge in [0.2, 0.25) is 0 Å². The van der Waals surface area contributed by atoms with Crippen LogP contribution in [0.4, 0.5) is 0 Å². The van der Waals surface area contributed by atoms with Crippen molar-refractivity contribution in [3.8, 4) is 0 Å². The Bertz CT molecular complexity index is 1830. The molecule has 4 aliphatic carbocycles. The quantitative estimate of drug-likeness (QED) is 0.0760.